The predicted octanol–water partition coefficient (Wildman–Crippen LogP) is 4.06. The van der Waals surface area contributed by atoms with Gasteiger partial charge in [0.25, 0.3) is 5.91 Å². The first kappa shape index (κ1) is 24.6. The summed E-state index contributed by atoms with van der Waals surface area (Å²) in [5.41, 5.74) is 1.03. The zero-order chi connectivity index (χ0) is 24.1. The maximum absolute atomic E-state index is 14.0. The molecule has 0 heterocycles. The highest BCUT2D eigenvalue weighted by atomic mass is 35.5. The normalized spacial score (nSPS) is 10.7. The van der Waals surface area contributed by atoms with Crippen LogP contribution in [0.25, 0.3) is 0 Å². The van der Waals surface area contributed by atoms with Gasteiger partial charge >= 0.3 is 18.1 Å². The van der Waals surface area contributed by atoms with Gasteiger partial charge in [-0.25, -0.2) is 24.2 Å². The summed E-state index contributed by atoms with van der Waals surface area (Å²) in [5.74, 6) is -2.67. The molecule has 0 fully saturated rings. The number of nitrogens with zero attached hydrogens (tertiary/aromatic N) is 1. The molecule has 2 rings (SSSR count). The molecule has 0 unspecified atom stereocenters. The lowest BCUT2D eigenvalue weighted by Gasteiger charge is -2.26. The second kappa shape index (κ2) is 10.1. The number of hydrogen-bond acceptors (Lipinski definition) is 6. The molecular weight excluding hydrogens is 445 g/mol. The van der Waals surface area contributed by atoms with E-state index in [0.717, 1.165) is 6.07 Å². The van der Waals surface area contributed by atoms with Gasteiger partial charge in [0.05, 0.1) is 28.9 Å². The van der Waals surface area contributed by atoms with Crippen LogP contribution in [0.3, 0.4) is 0 Å². The van der Waals surface area contributed by atoms with Crippen LogP contribution >= 0.6 is 11.6 Å². The Kier molecular flexibility index (Phi) is 7.77. The zero-order valence-electron chi connectivity index (χ0n) is 17.7. The quantitative estimate of drug-likeness (QED) is 0.522. The number of esters is 1. The number of imide groups is 1. The molecule has 2 aromatic carbocycles. The summed E-state index contributed by atoms with van der Waals surface area (Å²) in [7, 11) is 1.21. The largest absolute Gasteiger partial charge is 0.465 e. The van der Waals surface area contributed by atoms with Gasteiger partial charge in [-0.15, -0.1) is 0 Å². The first-order chi connectivity index (χ1) is 14.9. The van der Waals surface area contributed by atoms with Crippen molar-refractivity contribution in [3.8, 4) is 0 Å². The average molecular weight is 466 g/mol. The first-order valence-corrected chi connectivity index (χ1v) is 9.58. The van der Waals surface area contributed by atoms with E-state index in [0.29, 0.717) is 5.01 Å². The van der Waals surface area contributed by atoms with E-state index in [9.17, 15) is 23.6 Å². The monoisotopic (exact) mass is 465 g/mol. The Morgan fingerprint density at radius 3 is 2.19 bits per heavy atom. The van der Waals surface area contributed by atoms with Crippen molar-refractivity contribution in [2.45, 2.75) is 26.4 Å². The Morgan fingerprint density at radius 1 is 1.03 bits per heavy atom. The Hall–Kier alpha value is -3.66. The number of benzene rings is 2. The maximum atomic E-state index is 14.0. The van der Waals surface area contributed by atoms with Crippen molar-refractivity contribution in [2.24, 2.45) is 0 Å². The van der Waals surface area contributed by atoms with Crippen LogP contribution in [-0.4, -0.2) is 36.7 Å². The van der Waals surface area contributed by atoms with Crippen LogP contribution in [0.4, 0.5) is 19.7 Å². The molecule has 9 nitrogen and oxygen atoms in total. The number of anilines is 1. The van der Waals surface area contributed by atoms with Crippen LogP contribution in [0.15, 0.2) is 42.5 Å². The molecule has 11 heteroatoms. The Bertz CT molecular complexity index is 1020. The van der Waals surface area contributed by atoms with E-state index in [1.54, 1.807) is 20.8 Å². The van der Waals surface area contributed by atoms with E-state index in [1.165, 1.54) is 43.5 Å². The summed E-state index contributed by atoms with van der Waals surface area (Å²) in [5, 5.41) is 2.42. The number of hydrogen-bond donors (Lipinski definition) is 2. The van der Waals surface area contributed by atoms with Crippen LogP contribution < -0.4 is 15.8 Å². The van der Waals surface area contributed by atoms with E-state index in [4.69, 9.17) is 16.3 Å². The molecule has 0 aliphatic rings. The Morgan fingerprint density at radius 2 is 1.66 bits per heavy atom. The summed E-state index contributed by atoms with van der Waals surface area (Å²) in [6.07, 6.45) is -0.999. The van der Waals surface area contributed by atoms with Gasteiger partial charge in [0.2, 0.25) is 0 Å². The number of methoxy groups -OCH3 is 1. The van der Waals surface area contributed by atoms with Crippen molar-refractivity contribution < 1.29 is 33.0 Å². The third-order valence-corrected chi connectivity index (χ3v) is 4.08. The van der Waals surface area contributed by atoms with Crippen molar-refractivity contribution in [2.75, 3.05) is 12.1 Å². The summed E-state index contributed by atoms with van der Waals surface area (Å²) >= 11 is 5.86. The van der Waals surface area contributed by atoms with Gasteiger partial charge in [-0.1, -0.05) is 17.7 Å². The maximum Gasteiger partial charge on any atom is 0.427 e. The van der Waals surface area contributed by atoms with Gasteiger partial charge in [-0.3, -0.25) is 10.1 Å². The van der Waals surface area contributed by atoms with E-state index in [-0.39, 0.29) is 16.3 Å². The minimum absolute atomic E-state index is 0.0634. The highest BCUT2D eigenvalue weighted by molar-refractivity contribution is 6.34. The fourth-order valence-corrected chi connectivity index (χ4v) is 2.67. The molecule has 32 heavy (non-hydrogen) atoms. The van der Waals surface area contributed by atoms with Crippen LogP contribution in [0.2, 0.25) is 5.02 Å². The van der Waals surface area contributed by atoms with Crippen molar-refractivity contribution in [1.29, 1.82) is 0 Å². The number of nitrogens with one attached hydrogen (secondary N) is 2. The highest BCUT2D eigenvalue weighted by Gasteiger charge is 2.26. The standard InChI is InChI=1S/C21H21ClFN3O6/c1-21(2,3)32-20(30)25-26(13-10-8-12(9-11-13)18(28)31-4)19(29)24-17(27)16-14(22)6-5-7-15(16)23/h5-11H,1-4H3,(H,25,30)(H,24,27,29). The number of hydrazine groups is 1. The van der Waals surface area contributed by atoms with Crippen LogP contribution in [-0.2, 0) is 9.47 Å². The number of urea groups is 1. The summed E-state index contributed by atoms with van der Waals surface area (Å²) in [6.45, 7) is 4.85. The van der Waals surface area contributed by atoms with E-state index >= 15 is 0 Å². The van der Waals surface area contributed by atoms with Gasteiger partial charge in [0, 0.05) is 0 Å². The number of rotatable bonds is 3. The summed E-state index contributed by atoms with van der Waals surface area (Å²) < 4.78 is 23.8. The molecule has 2 aromatic rings. The second-order valence-electron chi connectivity index (χ2n) is 7.34. The number of amides is 4. The topological polar surface area (TPSA) is 114 Å². The highest BCUT2D eigenvalue weighted by Crippen LogP contribution is 2.20. The molecule has 0 aliphatic carbocycles. The van der Waals surface area contributed by atoms with E-state index in [2.05, 4.69) is 10.2 Å². The van der Waals surface area contributed by atoms with Crippen molar-refractivity contribution in [3.63, 3.8) is 0 Å². The lowest BCUT2D eigenvalue weighted by molar-refractivity contribution is 0.0521. The number of carbonyl (C=O) groups excluding carboxylic acids is 4. The lowest BCUT2D eigenvalue weighted by Crippen LogP contribution is -2.53. The van der Waals surface area contributed by atoms with Crippen LogP contribution in [0.5, 0.6) is 0 Å². The van der Waals surface area contributed by atoms with E-state index < -0.39 is 41.0 Å². The van der Waals surface area contributed by atoms with Crippen LogP contribution in [0.1, 0.15) is 41.5 Å². The molecule has 170 valence electrons. The van der Waals surface area contributed by atoms with Gasteiger partial charge in [0.15, 0.2) is 0 Å². The molecule has 0 bridgehead atoms. The number of ether oxygens (including phenoxy) is 2. The molecule has 2 N–H and O–H groups in total. The third-order valence-electron chi connectivity index (χ3n) is 3.76. The Balaban J connectivity index is 2.32. The summed E-state index contributed by atoms with van der Waals surface area (Å²) in [6, 6.07) is 7.79. The van der Waals surface area contributed by atoms with Gasteiger partial charge in [-0.2, -0.15) is 5.01 Å². The molecule has 0 aliphatic heterocycles. The molecule has 0 spiro atoms. The van der Waals surface area contributed by atoms with Crippen LogP contribution in [0, 0.1) is 5.82 Å². The minimum atomic E-state index is -1.13. The zero-order valence-corrected chi connectivity index (χ0v) is 18.5. The van der Waals surface area contributed by atoms with Crippen molar-refractivity contribution in [3.05, 3.63) is 64.4 Å². The molecule has 0 saturated carbocycles. The number of carbonyl (C=O) groups is 4. The second-order valence-corrected chi connectivity index (χ2v) is 7.75. The lowest BCUT2D eigenvalue weighted by atomic mass is 10.2. The smallest absolute Gasteiger partial charge is 0.427 e. The first-order valence-electron chi connectivity index (χ1n) is 9.20. The molecule has 0 atom stereocenters. The average Bonchev–Trinajstić information content (AvgIpc) is 2.70. The van der Waals surface area contributed by atoms with Crippen molar-refractivity contribution in [1.82, 2.24) is 10.7 Å². The molecule has 0 aromatic heterocycles. The molecule has 4 amide bonds. The van der Waals surface area contributed by atoms with Gasteiger partial charge in [0.1, 0.15) is 11.4 Å². The minimum Gasteiger partial charge on any atom is -0.465 e. The Labute approximate surface area is 188 Å². The fraction of sp³-hybridized carbons (Fsp3) is 0.238. The molecular formula is C21H21ClFN3O6. The third kappa shape index (κ3) is 6.42. The number of halogens is 2. The fourth-order valence-electron chi connectivity index (χ4n) is 2.42. The van der Waals surface area contributed by atoms with E-state index in [1.807, 2.05) is 5.32 Å². The van der Waals surface area contributed by atoms with Gasteiger partial charge in [-0.05, 0) is 57.2 Å². The SMILES string of the molecule is COC(=O)c1ccc(N(NC(=O)OC(C)(C)C)C(=O)NC(=O)c2c(F)cccc2Cl)cc1. The van der Waals surface area contributed by atoms with Gasteiger partial charge < -0.3 is 9.47 Å². The van der Waals surface area contributed by atoms with Crippen molar-refractivity contribution >= 4 is 41.3 Å². The summed E-state index contributed by atoms with van der Waals surface area (Å²) in [4.78, 5) is 49.1. The molecule has 0 saturated heterocycles. The predicted molar refractivity (Wildman–Crippen MR) is 114 cm³/mol. The molecule has 0 radical (unpaired) electrons.